The Morgan fingerprint density at radius 2 is 1.87 bits per heavy atom. The minimum absolute atomic E-state index is 0.151. The average molecular weight is 331 g/mol. The number of fused-ring (bicyclic) bond motifs is 1. The minimum atomic E-state index is -0.730. The Morgan fingerprint density at radius 1 is 1.17 bits per heavy atom. The zero-order valence-corrected chi connectivity index (χ0v) is 13.2. The summed E-state index contributed by atoms with van der Waals surface area (Å²) in [7, 11) is 0. The number of para-hydroxylation sites is 2. The van der Waals surface area contributed by atoms with E-state index in [0.29, 0.717) is 22.2 Å². The highest BCUT2D eigenvalue weighted by molar-refractivity contribution is 6.30. The molecule has 0 fully saturated rings. The molecule has 2 aromatic carbocycles. The molecule has 0 saturated heterocycles. The van der Waals surface area contributed by atoms with Crippen molar-refractivity contribution < 1.29 is 14.3 Å². The summed E-state index contributed by atoms with van der Waals surface area (Å²) >= 11 is 5.85. The van der Waals surface area contributed by atoms with Gasteiger partial charge in [-0.2, -0.15) is 5.10 Å². The molecule has 0 radical (unpaired) electrons. The van der Waals surface area contributed by atoms with Crippen LogP contribution in [0.15, 0.2) is 53.6 Å². The standard InChI is InChI=1S/C17H15ClN2O3/c1-11(12-6-8-13(18)9-7-12)19-20-17(21)16-10-22-14-4-2-3-5-15(14)23-16/h2-9,16H,10H2,1H3,(H,20,21)/b19-11-/t16-/m1/s1. The van der Waals surface area contributed by atoms with E-state index < -0.39 is 6.10 Å². The topological polar surface area (TPSA) is 59.9 Å². The van der Waals surface area contributed by atoms with Crippen molar-refractivity contribution in [2.75, 3.05) is 6.61 Å². The lowest BCUT2D eigenvalue weighted by molar-refractivity contribution is -0.130. The zero-order valence-electron chi connectivity index (χ0n) is 12.5. The fraction of sp³-hybridized carbons (Fsp3) is 0.176. The van der Waals surface area contributed by atoms with E-state index in [4.69, 9.17) is 21.1 Å². The molecule has 1 amide bonds. The lowest BCUT2D eigenvalue weighted by Gasteiger charge is -2.24. The molecule has 0 spiro atoms. The molecule has 0 saturated carbocycles. The maximum atomic E-state index is 12.2. The second-order valence-corrected chi connectivity index (χ2v) is 5.48. The quantitative estimate of drug-likeness (QED) is 0.695. The van der Waals surface area contributed by atoms with Crippen LogP contribution in [-0.2, 0) is 4.79 Å². The highest BCUT2D eigenvalue weighted by atomic mass is 35.5. The number of benzene rings is 2. The van der Waals surface area contributed by atoms with E-state index in [1.165, 1.54) is 0 Å². The summed E-state index contributed by atoms with van der Waals surface area (Å²) in [6.07, 6.45) is -0.730. The number of carbonyl (C=O) groups is 1. The van der Waals surface area contributed by atoms with Gasteiger partial charge in [0.2, 0.25) is 6.10 Å². The Morgan fingerprint density at radius 3 is 2.61 bits per heavy atom. The van der Waals surface area contributed by atoms with Gasteiger partial charge in [0.05, 0.1) is 5.71 Å². The molecule has 1 N–H and O–H groups in total. The minimum Gasteiger partial charge on any atom is -0.485 e. The summed E-state index contributed by atoms with van der Waals surface area (Å²) in [5.41, 5.74) is 4.06. The molecular weight excluding hydrogens is 316 g/mol. The molecule has 0 bridgehead atoms. The average Bonchev–Trinajstić information content (AvgIpc) is 2.59. The Labute approximate surface area is 138 Å². The molecule has 1 aliphatic heterocycles. The Bertz CT molecular complexity index is 744. The number of rotatable bonds is 3. The van der Waals surface area contributed by atoms with Crippen molar-refractivity contribution in [2.24, 2.45) is 5.10 Å². The van der Waals surface area contributed by atoms with Crippen molar-refractivity contribution >= 4 is 23.2 Å². The number of halogens is 1. The third-order valence-corrected chi connectivity index (χ3v) is 3.65. The largest absolute Gasteiger partial charge is 0.485 e. The van der Waals surface area contributed by atoms with Gasteiger partial charge in [-0.25, -0.2) is 5.43 Å². The molecule has 1 aliphatic rings. The molecule has 1 heterocycles. The summed E-state index contributed by atoms with van der Waals surface area (Å²) in [5.74, 6) is 0.836. The third-order valence-electron chi connectivity index (χ3n) is 3.40. The van der Waals surface area contributed by atoms with E-state index in [2.05, 4.69) is 10.5 Å². The molecule has 5 nitrogen and oxygen atoms in total. The summed E-state index contributed by atoms with van der Waals surface area (Å²) in [5, 5.41) is 4.74. The highest BCUT2D eigenvalue weighted by Crippen LogP contribution is 2.30. The molecule has 3 rings (SSSR count). The predicted octanol–water partition coefficient (Wildman–Crippen LogP) is 3.02. The number of amides is 1. The van der Waals surface area contributed by atoms with Gasteiger partial charge in [0.25, 0.3) is 5.91 Å². The van der Waals surface area contributed by atoms with Crippen molar-refractivity contribution in [1.29, 1.82) is 0 Å². The van der Waals surface area contributed by atoms with Crippen LogP contribution < -0.4 is 14.9 Å². The van der Waals surface area contributed by atoms with Crippen molar-refractivity contribution in [3.05, 3.63) is 59.1 Å². The number of nitrogens with zero attached hydrogens (tertiary/aromatic N) is 1. The number of hydrazone groups is 1. The molecule has 2 aromatic rings. The van der Waals surface area contributed by atoms with Crippen LogP contribution in [0.3, 0.4) is 0 Å². The van der Waals surface area contributed by atoms with Crippen LogP contribution in [0.5, 0.6) is 11.5 Å². The van der Waals surface area contributed by atoms with Crippen LogP contribution in [0.25, 0.3) is 0 Å². The second kappa shape index (κ2) is 6.71. The van der Waals surface area contributed by atoms with E-state index >= 15 is 0 Å². The van der Waals surface area contributed by atoms with Crippen molar-refractivity contribution in [1.82, 2.24) is 5.43 Å². The van der Waals surface area contributed by atoms with Crippen LogP contribution in [-0.4, -0.2) is 24.3 Å². The van der Waals surface area contributed by atoms with Crippen molar-refractivity contribution in [2.45, 2.75) is 13.0 Å². The summed E-state index contributed by atoms with van der Waals surface area (Å²) in [6.45, 7) is 1.95. The molecule has 1 atom stereocenters. The van der Waals surface area contributed by atoms with Crippen LogP contribution >= 0.6 is 11.6 Å². The Balaban J connectivity index is 1.63. The van der Waals surface area contributed by atoms with Gasteiger partial charge in [0, 0.05) is 5.02 Å². The van der Waals surface area contributed by atoms with Crippen molar-refractivity contribution in [3.63, 3.8) is 0 Å². The maximum absolute atomic E-state index is 12.2. The molecule has 0 aromatic heterocycles. The summed E-state index contributed by atoms with van der Waals surface area (Å²) in [4.78, 5) is 12.2. The van der Waals surface area contributed by atoms with Gasteiger partial charge in [0.1, 0.15) is 6.61 Å². The van der Waals surface area contributed by atoms with Gasteiger partial charge in [0.15, 0.2) is 11.5 Å². The molecule has 0 aliphatic carbocycles. The smallest absolute Gasteiger partial charge is 0.284 e. The van der Waals surface area contributed by atoms with Gasteiger partial charge in [-0.15, -0.1) is 0 Å². The molecular formula is C17H15ClN2O3. The zero-order chi connectivity index (χ0) is 16.2. The maximum Gasteiger partial charge on any atom is 0.284 e. The van der Waals surface area contributed by atoms with Gasteiger partial charge >= 0.3 is 0 Å². The van der Waals surface area contributed by atoms with E-state index in [1.807, 2.05) is 24.3 Å². The first-order valence-electron chi connectivity index (χ1n) is 7.12. The van der Waals surface area contributed by atoms with E-state index in [0.717, 1.165) is 5.56 Å². The van der Waals surface area contributed by atoms with Gasteiger partial charge in [-0.3, -0.25) is 4.79 Å². The van der Waals surface area contributed by atoms with Crippen LogP contribution in [0.4, 0.5) is 0 Å². The normalized spacial score (nSPS) is 16.8. The van der Waals surface area contributed by atoms with Gasteiger partial charge in [-0.05, 0) is 36.8 Å². The predicted molar refractivity (Wildman–Crippen MR) is 88.2 cm³/mol. The lowest BCUT2D eigenvalue weighted by atomic mass is 10.1. The molecule has 6 heteroatoms. The molecule has 118 valence electrons. The Kier molecular flexibility index (Phi) is 4.48. The number of hydrogen-bond donors (Lipinski definition) is 1. The number of hydrogen-bond acceptors (Lipinski definition) is 4. The second-order valence-electron chi connectivity index (χ2n) is 5.04. The number of ether oxygens (including phenoxy) is 2. The highest BCUT2D eigenvalue weighted by Gasteiger charge is 2.27. The number of carbonyl (C=O) groups excluding carboxylic acids is 1. The lowest BCUT2D eigenvalue weighted by Crippen LogP contribution is -2.42. The van der Waals surface area contributed by atoms with Gasteiger partial charge in [-0.1, -0.05) is 35.9 Å². The SMILES string of the molecule is C/C(=N/NC(=O)[C@H]1COc2ccccc2O1)c1ccc(Cl)cc1. The first-order valence-corrected chi connectivity index (χ1v) is 7.50. The van der Waals surface area contributed by atoms with E-state index in [-0.39, 0.29) is 12.5 Å². The van der Waals surface area contributed by atoms with Crippen molar-refractivity contribution in [3.8, 4) is 11.5 Å². The number of nitrogens with one attached hydrogen (secondary N) is 1. The van der Waals surface area contributed by atoms with Crippen LogP contribution in [0, 0.1) is 0 Å². The monoisotopic (exact) mass is 330 g/mol. The molecule has 23 heavy (non-hydrogen) atoms. The first-order chi connectivity index (χ1) is 11.1. The molecule has 0 unspecified atom stereocenters. The van der Waals surface area contributed by atoms with Crippen LogP contribution in [0.1, 0.15) is 12.5 Å². The first kappa shape index (κ1) is 15.4. The van der Waals surface area contributed by atoms with E-state index in [9.17, 15) is 4.79 Å². The Hall–Kier alpha value is -2.53. The fourth-order valence-corrected chi connectivity index (χ4v) is 2.24. The van der Waals surface area contributed by atoms with Crippen LogP contribution in [0.2, 0.25) is 5.02 Å². The summed E-state index contributed by atoms with van der Waals surface area (Å²) < 4.78 is 11.1. The summed E-state index contributed by atoms with van der Waals surface area (Å²) in [6, 6.07) is 14.4. The fourth-order valence-electron chi connectivity index (χ4n) is 2.12. The third kappa shape index (κ3) is 3.63. The van der Waals surface area contributed by atoms with E-state index in [1.54, 1.807) is 31.2 Å². The van der Waals surface area contributed by atoms with Gasteiger partial charge < -0.3 is 9.47 Å².